The van der Waals surface area contributed by atoms with Gasteiger partial charge in [-0.2, -0.15) is 0 Å². The van der Waals surface area contributed by atoms with Gasteiger partial charge in [-0.15, -0.1) is 0 Å². The summed E-state index contributed by atoms with van der Waals surface area (Å²) in [4.78, 5) is 30.6. The second kappa shape index (κ2) is 8.33. The summed E-state index contributed by atoms with van der Waals surface area (Å²) in [5, 5.41) is 3.00. The molecule has 1 unspecified atom stereocenters. The lowest BCUT2D eigenvalue weighted by molar-refractivity contribution is -0.128. The predicted molar refractivity (Wildman–Crippen MR) is 124 cm³/mol. The van der Waals surface area contributed by atoms with Crippen LogP contribution in [-0.4, -0.2) is 50.5 Å². The maximum atomic E-state index is 13.6. The van der Waals surface area contributed by atoms with Crippen LogP contribution in [0, 0.1) is 0 Å². The zero-order valence-corrected chi connectivity index (χ0v) is 19.5. The van der Waals surface area contributed by atoms with E-state index >= 15 is 0 Å². The van der Waals surface area contributed by atoms with Crippen LogP contribution < -0.4 is 10.2 Å². The summed E-state index contributed by atoms with van der Waals surface area (Å²) >= 11 is 0. The SMILES string of the molecule is CC(c1ccc(S(C)(=O)=O)cc1)N(C)CC(=O)N1c2ccccc2NC(=O)C12CCCC2. The minimum atomic E-state index is -3.26. The molecule has 1 fully saturated rings. The van der Waals surface area contributed by atoms with E-state index < -0.39 is 15.4 Å². The first-order valence-electron chi connectivity index (χ1n) is 10.9. The van der Waals surface area contributed by atoms with Crippen LogP contribution in [-0.2, 0) is 19.4 Å². The van der Waals surface area contributed by atoms with Crippen molar-refractivity contribution in [2.24, 2.45) is 0 Å². The van der Waals surface area contributed by atoms with Crippen molar-refractivity contribution in [1.82, 2.24) is 4.90 Å². The van der Waals surface area contributed by atoms with E-state index in [1.807, 2.05) is 43.1 Å². The first-order valence-corrected chi connectivity index (χ1v) is 12.8. The molecular formula is C24H29N3O4S. The number of para-hydroxylation sites is 2. The van der Waals surface area contributed by atoms with Gasteiger partial charge < -0.3 is 5.32 Å². The maximum Gasteiger partial charge on any atom is 0.250 e. The van der Waals surface area contributed by atoms with Crippen molar-refractivity contribution in [2.45, 2.75) is 49.1 Å². The minimum absolute atomic E-state index is 0.103. The maximum absolute atomic E-state index is 13.6. The fraction of sp³-hybridized carbons (Fsp3) is 0.417. The second-order valence-corrected chi connectivity index (χ2v) is 10.9. The topological polar surface area (TPSA) is 86.8 Å². The Morgan fingerprint density at radius 1 is 1.12 bits per heavy atom. The lowest BCUT2D eigenvalue weighted by Crippen LogP contribution is -2.62. The quantitative estimate of drug-likeness (QED) is 0.747. The van der Waals surface area contributed by atoms with Gasteiger partial charge in [0.05, 0.1) is 22.8 Å². The third-order valence-corrected chi connectivity index (χ3v) is 7.89. The van der Waals surface area contributed by atoms with Crippen LogP contribution in [0.15, 0.2) is 53.4 Å². The van der Waals surface area contributed by atoms with Crippen LogP contribution >= 0.6 is 0 Å². The van der Waals surface area contributed by atoms with Gasteiger partial charge in [0, 0.05) is 12.3 Å². The molecule has 1 aliphatic heterocycles. The Morgan fingerprint density at radius 2 is 1.75 bits per heavy atom. The first-order chi connectivity index (χ1) is 15.1. The van der Waals surface area contributed by atoms with Gasteiger partial charge >= 0.3 is 0 Å². The summed E-state index contributed by atoms with van der Waals surface area (Å²) < 4.78 is 23.5. The molecule has 2 aromatic carbocycles. The number of fused-ring (bicyclic) bond motifs is 1. The van der Waals surface area contributed by atoms with E-state index in [9.17, 15) is 18.0 Å². The van der Waals surface area contributed by atoms with Gasteiger partial charge in [0.1, 0.15) is 5.54 Å². The van der Waals surface area contributed by atoms with Crippen molar-refractivity contribution in [3.05, 3.63) is 54.1 Å². The molecule has 0 aromatic heterocycles. The summed E-state index contributed by atoms with van der Waals surface area (Å²) in [6.07, 6.45) is 4.33. The molecule has 1 saturated carbocycles. The van der Waals surface area contributed by atoms with Crippen LogP contribution in [0.4, 0.5) is 11.4 Å². The summed E-state index contributed by atoms with van der Waals surface area (Å²) in [5.41, 5.74) is 1.50. The molecule has 2 aromatic rings. The molecule has 0 radical (unpaired) electrons. The average Bonchev–Trinajstić information content (AvgIpc) is 3.24. The Bertz CT molecular complexity index is 1140. The first kappa shape index (κ1) is 22.5. The number of hydrogen-bond acceptors (Lipinski definition) is 5. The van der Waals surface area contributed by atoms with E-state index in [1.165, 1.54) is 6.26 Å². The van der Waals surface area contributed by atoms with Gasteiger partial charge in [0.15, 0.2) is 9.84 Å². The molecule has 1 atom stereocenters. The standard InChI is InChI=1S/C24H29N3O4S/c1-17(18-10-12-19(13-11-18)32(3,30)31)26(2)16-22(28)27-21-9-5-4-8-20(21)25-23(29)24(27)14-6-7-15-24/h4-5,8-13,17H,6-7,14-16H2,1-3H3,(H,25,29). The van der Waals surface area contributed by atoms with Crippen LogP contribution in [0.1, 0.15) is 44.2 Å². The fourth-order valence-corrected chi connectivity index (χ4v) is 5.43. The van der Waals surface area contributed by atoms with Gasteiger partial charge in [-0.3, -0.25) is 19.4 Å². The van der Waals surface area contributed by atoms with Crippen molar-refractivity contribution in [1.29, 1.82) is 0 Å². The Hall–Kier alpha value is -2.71. The third kappa shape index (κ3) is 3.93. The molecule has 7 nitrogen and oxygen atoms in total. The predicted octanol–water partition coefficient (Wildman–Crippen LogP) is 3.38. The number of amides is 2. The number of carbonyl (C=O) groups is 2. The molecule has 1 N–H and O–H groups in total. The second-order valence-electron chi connectivity index (χ2n) is 8.87. The van der Waals surface area contributed by atoms with Crippen molar-refractivity contribution in [2.75, 3.05) is 30.1 Å². The number of benzene rings is 2. The summed E-state index contributed by atoms with van der Waals surface area (Å²) in [6, 6.07) is 14.1. The molecule has 1 aliphatic carbocycles. The number of nitrogens with zero attached hydrogens (tertiary/aromatic N) is 2. The third-order valence-electron chi connectivity index (χ3n) is 6.76. The fourth-order valence-electron chi connectivity index (χ4n) is 4.80. The molecule has 1 spiro atoms. The highest BCUT2D eigenvalue weighted by Gasteiger charge is 2.52. The highest BCUT2D eigenvalue weighted by atomic mass is 32.2. The lowest BCUT2D eigenvalue weighted by Gasteiger charge is -2.45. The largest absolute Gasteiger partial charge is 0.322 e. The molecular weight excluding hydrogens is 426 g/mol. The Labute approximate surface area is 189 Å². The molecule has 2 amide bonds. The van der Waals surface area contributed by atoms with E-state index in [-0.39, 0.29) is 29.3 Å². The number of nitrogens with one attached hydrogen (secondary N) is 1. The number of likely N-dealkylation sites (N-methyl/N-ethyl adjacent to an activating group) is 1. The van der Waals surface area contributed by atoms with Crippen molar-refractivity contribution < 1.29 is 18.0 Å². The zero-order chi connectivity index (χ0) is 23.1. The minimum Gasteiger partial charge on any atom is -0.322 e. The number of hydrogen-bond donors (Lipinski definition) is 1. The molecule has 8 heteroatoms. The van der Waals surface area contributed by atoms with Crippen LogP contribution in [0.5, 0.6) is 0 Å². The zero-order valence-electron chi connectivity index (χ0n) is 18.7. The summed E-state index contributed by atoms with van der Waals surface area (Å²) in [5.74, 6) is -0.217. The van der Waals surface area contributed by atoms with E-state index in [4.69, 9.17) is 0 Å². The van der Waals surface area contributed by atoms with E-state index in [0.29, 0.717) is 18.5 Å². The Kier molecular flexibility index (Phi) is 5.85. The highest BCUT2D eigenvalue weighted by Crippen LogP contribution is 2.45. The van der Waals surface area contributed by atoms with Crippen LogP contribution in [0.2, 0.25) is 0 Å². The molecule has 170 valence electrons. The van der Waals surface area contributed by atoms with Gasteiger partial charge in [-0.05, 0) is 56.6 Å². The monoisotopic (exact) mass is 455 g/mol. The average molecular weight is 456 g/mol. The van der Waals surface area contributed by atoms with Gasteiger partial charge in [0.25, 0.3) is 5.91 Å². The summed E-state index contributed by atoms with van der Waals surface area (Å²) in [7, 11) is -1.39. The van der Waals surface area contributed by atoms with E-state index in [2.05, 4.69) is 5.32 Å². The Morgan fingerprint density at radius 3 is 2.38 bits per heavy atom. The van der Waals surface area contributed by atoms with Gasteiger partial charge in [0.2, 0.25) is 5.91 Å². The molecule has 4 rings (SSSR count). The number of sulfone groups is 1. The number of carbonyl (C=O) groups excluding carboxylic acids is 2. The molecule has 2 aliphatic rings. The van der Waals surface area contributed by atoms with E-state index in [0.717, 1.165) is 24.1 Å². The molecule has 0 saturated heterocycles. The van der Waals surface area contributed by atoms with Gasteiger partial charge in [-0.25, -0.2) is 8.42 Å². The highest BCUT2D eigenvalue weighted by molar-refractivity contribution is 7.90. The number of rotatable bonds is 5. The van der Waals surface area contributed by atoms with Crippen molar-refractivity contribution in [3.8, 4) is 0 Å². The Balaban J connectivity index is 1.58. The van der Waals surface area contributed by atoms with Crippen molar-refractivity contribution >= 4 is 33.0 Å². The van der Waals surface area contributed by atoms with Gasteiger partial charge in [-0.1, -0.05) is 37.1 Å². The lowest BCUT2D eigenvalue weighted by atomic mass is 9.89. The molecule has 32 heavy (non-hydrogen) atoms. The van der Waals surface area contributed by atoms with Crippen LogP contribution in [0.25, 0.3) is 0 Å². The van der Waals surface area contributed by atoms with Crippen molar-refractivity contribution in [3.63, 3.8) is 0 Å². The summed E-state index contributed by atoms with van der Waals surface area (Å²) in [6.45, 7) is 2.11. The molecule has 1 heterocycles. The normalized spacial score (nSPS) is 18.5. The number of anilines is 2. The van der Waals surface area contributed by atoms with Crippen LogP contribution in [0.3, 0.4) is 0 Å². The molecule has 0 bridgehead atoms. The van der Waals surface area contributed by atoms with E-state index in [1.54, 1.807) is 29.2 Å². The smallest absolute Gasteiger partial charge is 0.250 e.